The van der Waals surface area contributed by atoms with E-state index in [1.54, 1.807) is 43.5 Å². The molecule has 0 aliphatic carbocycles. The molecule has 2 heterocycles. The van der Waals surface area contributed by atoms with Crippen molar-refractivity contribution in [2.24, 2.45) is 0 Å². The maximum absolute atomic E-state index is 12.2. The average molecular weight is 249 g/mol. The van der Waals surface area contributed by atoms with Crippen molar-refractivity contribution in [3.8, 4) is 0 Å². The summed E-state index contributed by atoms with van der Waals surface area (Å²) in [6.45, 7) is 5.39. The fourth-order valence-electron chi connectivity index (χ4n) is 1.83. The van der Waals surface area contributed by atoms with Crippen molar-refractivity contribution >= 4 is 11.5 Å². The first-order chi connectivity index (χ1) is 8.56. The third-order valence-electron chi connectivity index (χ3n) is 2.77. The van der Waals surface area contributed by atoms with E-state index in [4.69, 9.17) is 4.74 Å². The molecule has 0 bridgehead atoms. The van der Waals surface area contributed by atoms with Crippen LogP contribution in [-0.2, 0) is 9.53 Å². The smallest absolute Gasteiger partial charge is 0.330 e. The lowest BCUT2D eigenvalue weighted by Gasteiger charge is -2.13. The van der Waals surface area contributed by atoms with Crippen LogP contribution in [-0.4, -0.2) is 26.8 Å². The largest absolute Gasteiger partial charge is 0.464 e. The van der Waals surface area contributed by atoms with E-state index in [2.05, 4.69) is 5.10 Å². The number of hydrogen-bond acceptors (Lipinski definition) is 4. The lowest BCUT2D eigenvalue weighted by Crippen LogP contribution is -2.33. The molecule has 2 aromatic heterocycles. The lowest BCUT2D eigenvalue weighted by molar-refractivity contribution is -0.147. The summed E-state index contributed by atoms with van der Waals surface area (Å²) in [4.78, 5) is 23.8. The van der Waals surface area contributed by atoms with Crippen LogP contribution in [0.4, 0.5) is 0 Å². The summed E-state index contributed by atoms with van der Waals surface area (Å²) in [5, 5.41) is 4.14. The summed E-state index contributed by atoms with van der Waals surface area (Å²) < 4.78 is 7.76. The van der Waals surface area contributed by atoms with Gasteiger partial charge in [0.05, 0.1) is 6.61 Å². The van der Waals surface area contributed by atoms with E-state index in [-0.39, 0.29) is 12.2 Å². The first-order valence-electron chi connectivity index (χ1n) is 5.79. The maximum Gasteiger partial charge on any atom is 0.330 e. The summed E-state index contributed by atoms with van der Waals surface area (Å²) >= 11 is 0. The number of carbonyl (C=O) groups is 1. The number of carbonyl (C=O) groups excluding carboxylic acids is 1. The van der Waals surface area contributed by atoms with Gasteiger partial charge in [0.1, 0.15) is 11.3 Å². The number of esters is 1. The zero-order chi connectivity index (χ0) is 13.3. The molecule has 0 fully saturated rings. The minimum atomic E-state index is -0.726. The first kappa shape index (κ1) is 12.3. The Morgan fingerprint density at radius 3 is 2.94 bits per heavy atom. The van der Waals surface area contributed by atoms with Crippen molar-refractivity contribution in [3.05, 3.63) is 34.5 Å². The third-order valence-corrected chi connectivity index (χ3v) is 2.77. The van der Waals surface area contributed by atoms with Gasteiger partial charge in [-0.3, -0.25) is 9.20 Å². The number of aromatic nitrogens is 3. The van der Waals surface area contributed by atoms with Gasteiger partial charge >= 0.3 is 5.97 Å². The van der Waals surface area contributed by atoms with E-state index in [1.165, 1.54) is 4.68 Å². The van der Waals surface area contributed by atoms with Crippen LogP contribution in [0.5, 0.6) is 0 Å². The van der Waals surface area contributed by atoms with Gasteiger partial charge in [0.25, 0.3) is 5.56 Å². The molecule has 0 N–H and O–H groups in total. The summed E-state index contributed by atoms with van der Waals surface area (Å²) in [6.07, 6.45) is 1.76. The molecular weight excluding hydrogens is 234 g/mol. The molecule has 0 radical (unpaired) electrons. The summed E-state index contributed by atoms with van der Waals surface area (Å²) in [5.41, 5.74) is 0.199. The van der Waals surface area contributed by atoms with Crippen LogP contribution in [0.3, 0.4) is 0 Å². The molecule has 18 heavy (non-hydrogen) atoms. The van der Waals surface area contributed by atoms with Crippen molar-refractivity contribution < 1.29 is 9.53 Å². The Bertz CT molecular complexity index is 642. The van der Waals surface area contributed by atoms with Gasteiger partial charge in [0.2, 0.25) is 0 Å². The molecule has 96 valence electrons. The quantitative estimate of drug-likeness (QED) is 0.759. The van der Waals surface area contributed by atoms with Crippen LogP contribution in [0.25, 0.3) is 5.52 Å². The van der Waals surface area contributed by atoms with Crippen LogP contribution in [0.15, 0.2) is 23.1 Å². The predicted octanol–water partition coefficient (Wildman–Crippen LogP) is 0.929. The second kappa shape index (κ2) is 4.64. The summed E-state index contributed by atoms with van der Waals surface area (Å²) in [5.74, 6) is 0.188. The van der Waals surface area contributed by atoms with Crippen LogP contribution < -0.4 is 5.56 Å². The molecule has 0 aromatic carbocycles. The molecule has 1 atom stereocenters. The van der Waals surface area contributed by atoms with E-state index in [0.29, 0.717) is 11.3 Å². The first-order valence-corrected chi connectivity index (χ1v) is 5.79. The Kier molecular flexibility index (Phi) is 3.18. The topological polar surface area (TPSA) is 65.6 Å². The van der Waals surface area contributed by atoms with E-state index in [0.717, 1.165) is 0 Å². The number of nitrogens with zero attached hydrogens (tertiary/aromatic N) is 3. The van der Waals surface area contributed by atoms with Crippen LogP contribution in [0, 0.1) is 6.92 Å². The molecule has 6 nitrogen and oxygen atoms in total. The summed E-state index contributed by atoms with van der Waals surface area (Å²) in [7, 11) is 0. The normalized spacial score (nSPS) is 12.6. The zero-order valence-corrected chi connectivity index (χ0v) is 10.6. The molecule has 0 aliphatic heterocycles. The molecule has 0 spiro atoms. The summed E-state index contributed by atoms with van der Waals surface area (Å²) in [6, 6.07) is 2.74. The zero-order valence-electron chi connectivity index (χ0n) is 10.6. The van der Waals surface area contributed by atoms with Crippen molar-refractivity contribution in [2.45, 2.75) is 26.8 Å². The van der Waals surface area contributed by atoms with Gasteiger partial charge in [0, 0.05) is 6.20 Å². The Hall–Kier alpha value is -2.11. The van der Waals surface area contributed by atoms with Crippen molar-refractivity contribution in [2.75, 3.05) is 6.61 Å². The molecule has 2 aromatic rings. The number of fused-ring (bicyclic) bond motifs is 1. The number of aryl methyl sites for hydroxylation is 1. The molecule has 0 aliphatic rings. The Balaban J connectivity index is 2.54. The van der Waals surface area contributed by atoms with Crippen molar-refractivity contribution in [1.82, 2.24) is 14.2 Å². The van der Waals surface area contributed by atoms with E-state index in [9.17, 15) is 9.59 Å². The highest BCUT2D eigenvalue weighted by molar-refractivity contribution is 5.73. The molecule has 2 rings (SSSR count). The molecular formula is C12H15N3O3. The number of rotatable bonds is 3. The molecule has 0 amide bonds. The predicted molar refractivity (Wildman–Crippen MR) is 65.5 cm³/mol. The van der Waals surface area contributed by atoms with E-state index < -0.39 is 12.0 Å². The SMILES string of the molecule is CCOC(=O)C(C)n1nc(C)n2cccc2c1=O. The van der Waals surface area contributed by atoms with Crippen LogP contribution in [0.2, 0.25) is 0 Å². The molecule has 1 unspecified atom stereocenters. The van der Waals surface area contributed by atoms with Gasteiger partial charge in [-0.25, -0.2) is 9.48 Å². The van der Waals surface area contributed by atoms with Gasteiger partial charge in [-0.1, -0.05) is 0 Å². The second-order valence-corrected chi connectivity index (χ2v) is 3.99. The van der Waals surface area contributed by atoms with E-state index in [1.807, 2.05) is 0 Å². The average Bonchev–Trinajstić information content (AvgIpc) is 2.83. The van der Waals surface area contributed by atoms with Crippen molar-refractivity contribution in [1.29, 1.82) is 0 Å². The van der Waals surface area contributed by atoms with E-state index >= 15 is 0 Å². The fraction of sp³-hybridized carbons (Fsp3) is 0.417. The Morgan fingerprint density at radius 2 is 2.28 bits per heavy atom. The van der Waals surface area contributed by atoms with Crippen molar-refractivity contribution in [3.63, 3.8) is 0 Å². The van der Waals surface area contributed by atoms with Gasteiger partial charge < -0.3 is 4.74 Å². The highest BCUT2D eigenvalue weighted by atomic mass is 16.5. The van der Waals surface area contributed by atoms with Gasteiger partial charge in [-0.2, -0.15) is 5.10 Å². The van der Waals surface area contributed by atoms with Crippen LogP contribution >= 0.6 is 0 Å². The Morgan fingerprint density at radius 1 is 1.56 bits per heavy atom. The number of hydrogen-bond donors (Lipinski definition) is 0. The second-order valence-electron chi connectivity index (χ2n) is 3.99. The van der Waals surface area contributed by atoms with Crippen LogP contribution in [0.1, 0.15) is 25.7 Å². The minimum Gasteiger partial charge on any atom is -0.464 e. The monoisotopic (exact) mass is 249 g/mol. The van der Waals surface area contributed by atoms with Gasteiger partial charge in [-0.15, -0.1) is 0 Å². The third kappa shape index (κ3) is 1.90. The fourth-order valence-corrected chi connectivity index (χ4v) is 1.83. The number of ether oxygens (including phenoxy) is 1. The maximum atomic E-state index is 12.2. The lowest BCUT2D eigenvalue weighted by atomic mass is 10.3. The molecule has 0 saturated heterocycles. The highest BCUT2D eigenvalue weighted by Gasteiger charge is 2.20. The van der Waals surface area contributed by atoms with Gasteiger partial charge in [-0.05, 0) is 32.9 Å². The van der Waals surface area contributed by atoms with Gasteiger partial charge in [0.15, 0.2) is 6.04 Å². The standard InChI is InChI=1S/C12H15N3O3/c1-4-18-12(17)8(2)15-11(16)10-6-5-7-14(10)9(3)13-15/h5-8H,4H2,1-3H3. The molecule has 6 heteroatoms. The Labute approximate surface area is 104 Å². The molecule has 0 saturated carbocycles. The minimum absolute atomic E-state index is 0.282. The highest BCUT2D eigenvalue weighted by Crippen LogP contribution is 2.07.